The van der Waals surface area contributed by atoms with Gasteiger partial charge in [0.2, 0.25) is 0 Å². The fourth-order valence-corrected chi connectivity index (χ4v) is 6.14. The lowest BCUT2D eigenvalue weighted by molar-refractivity contribution is -0.119. The quantitative estimate of drug-likeness (QED) is 0.444. The van der Waals surface area contributed by atoms with Gasteiger partial charge in [0.15, 0.2) is 6.61 Å². The molecule has 9 heteroatoms. The molecule has 35 heavy (non-hydrogen) atoms. The summed E-state index contributed by atoms with van der Waals surface area (Å²) in [6.45, 7) is 1.64. The Morgan fingerprint density at radius 3 is 2.49 bits per heavy atom. The lowest BCUT2D eigenvalue weighted by atomic mass is 10.1. The number of nitrogens with two attached hydrogens (primary N) is 1. The van der Waals surface area contributed by atoms with Crippen molar-refractivity contribution < 1.29 is 13.9 Å². The lowest BCUT2D eigenvalue weighted by Gasteiger charge is -2.14. The molecular weight excluding hydrogens is 465 g/mol. The number of fused-ring (bicyclic) bond motifs is 1. The van der Waals surface area contributed by atoms with E-state index >= 15 is 0 Å². The summed E-state index contributed by atoms with van der Waals surface area (Å²) in [6.07, 6.45) is 11.5. The molecule has 5 rings (SSSR count). The maximum atomic E-state index is 13.7. The molecule has 3 N–H and O–H groups in total. The van der Waals surface area contributed by atoms with Crippen LogP contribution in [0.3, 0.4) is 0 Å². The Morgan fingerprint density at radius 2 is 1.80 bits per heavy atom. The summed E-state index contributed by atoms with van der Waals surface area (Å²) in [5.74, 6) is 1.92. The number of rotatable bonds is 6. The van der Waals surface area contributed by atoms with Gasteiger partial charge in [0.25, 0.3) is 5.91 Å². The summed E-state index contributed by atoms with van der Waals surface area (Å²) in [5.41, 5.74) is 8.30. The number of hydrogen-bond donors (Lipinski definition) is 2. The second kappa shape index (κ2) is 12.1. The standard InChI is InChI=1S/C21H22FN5O2S.C5H10/c1-13-8-15(27-30-6-2-3-7-30)10-17-20(13)21(25-12-24-17)26-16-5-4-14(22)9-18(16)29-11-19(23)28;1-2-4-5-3-1/h4-5,8-10,12H,2-3,6-7,11H2,1H3,(H2,23,28)(H,24,25,26);1-5H2. The molecule has 0 radical (unpaired) electrons. The Hall–Kier alpha value is -3.07. The van der Waals surface area contributed by atoms with Crippen LogP contribution in [-0.2, 0) is 15.5 Å². The largest absolute Gasteiger partial charge is 0.481 e. The molecule has 0 atom stereocenters. The maximum absolute atomic E-state index is 13.7. The van der Waals surface area contributed by atoms with Gasteiger partial charge < -0.3 is 15.8 Å². The highest BCUT2D eigenvalue weighted by Gasteiger charge is 2.14. The van der Waals surface area contributed by atoms with E-state index in [9.17, 15) is 9.18 Å². The van der Waals surface area contributed by atoms with E-state index in [1.807, 2.05) is 19.1 Å². The highest BCUT2D eigenvalue weighted by Crippen LogP contribution is 2.34. The molecule has 1 saturated heterocycles. The molecule has 7 nitrogen and oxygen atoms in total. The SMILES string of the molecule is C1CCCC1.Cc1cc(N=S2CCCC2)cc2ncnc(Nc3ccc(F)cc3OCC(N)=O)c12. The fourth-order valence-electron chi connectivity index (χ4n) is 4.28. The topological polar surface area (TPSA) is 102 Å². The molecule has 186 valence electrons. The van der Waals surface area contributed by atoms with Crippen molar-refractivity contribution in [3.8, 4) is 5.75 Å². The monoisotopic (exact) mass is 497 g/mol. The summed E-state index contributed by atoms with van der Waals surface area (Å²) >= 11 is 0. The number of nitrogens with zero attached hydrogens (tertiary/aromatic N) is 3. The van der Waals surface area contributed by atoms with E-state index in [4.69, 9.17) is 14.8 Å². The van der Waals surface area contributed by atoms with Crippen molar-refractivity contribution in [2.75, 3.05) is 23.4 Å². The summed E-state index contributed by atoms with van der Waals surface area (Å²) < 4.78 is 23.9. The van der Waals surface area contributed by atoms with E-state index in [2.05, 4.69) is 15.3 Å². The average Bonchev–Trinajstić information content (AvgIpc) is 3.56. The molecule has 0 unspecified atom stereocenters. The number of ether oxygens (including phenoxy) is 1. The highest BCUT2D eigenvalue weighted by atomic mass is 32.2. The van der Waals surface area contributed by atoms with Gasteiger partial charge in [-0.05, 0) is 49.6 Å². The normalized spacial score (nSPS) is 15.5. The molecule has 3 aromatic rings. The van der Waals surface area contributed by atoms with Crippen molar-refractivity contribution in [2.24, 2.45) is 10.1 Å². The number of carbonyl (C=O) groups is 1. The van der Waals surface area contributed by atoms with Crippen LogP contribution in [0, 0.1) is 12.7 Å². The van der Waals surface area contributed by atoms with Crippen molar-refractivity contribution in [1.82, 2.24) is 9.97 Å². The van der Waals surface area contributed by atoms with E-state index in [-0.39, 0.29) is 23.0 Å². The molecule has 0 spiro atoms. The van der Waals surface area contributed by atoms with Gasteiger partial charge in [0.1, 0.15) is 23.7 Å². The molecule has 1 aliphatic heterocycles. The van der Waals surface area contributed by atoms with Crippen molar-refractivity contribution in [3.63, 3.8) is 0 Å². The summed E-state index contributed by atoms with van der Waals surface area (Å²) in [4.78, 5) is 19.8. The lowest BCUT2D eigenvalue weighted by Crippen LogP contribution is -2.20. The van der Waals surface area contributed by atoms with Gasteiger partial charge in [0, 0.05) is 23.0 Å². The molecule has 0 bridgehead atoms. The Labute approximate surface area is 207 Å². The predicted octanol–water partition coefficient (Wildman–Crippen LogP) is 5.86. The fraction of sp³-hybridized carbons (Fsp3) is 0.423. The number of aryl methyl sites for hydroxylation is 1. The first-order valence-electron chi connectivity index (χ1n) is 12.1. The van der Waals surface area contributed by atoms with E-state index in [0.29, 0.717) is 11.5 Å². The smallest absolute Gasteiger partial charge is 0.255 e. The summed E-state index contributed by atoms with van der Waals surface area (Å²) in [7, 11) is 0.0982. The van der Waals surface area contributed by atoms with E-state index in [1.54, 1.807) is 0 Å². The van der Waals surface area contributed by atoms with Crippen LogP contribution in [-0.4, -0.2) is 34.0 Å². The van der Waals surface area contributed by atoms with Crippen LogP contribution in [0.5, 0.6) is 5.75 Å². The van der Waals surface area contributed by atoms with Gasteiger partial charge in [-0.3, -0.25) is 4.79 Å². The van der Waals surface area contributed by atoms with Crippen LogP contribution in [0.25, 0.3) is 10.9 Å². The van der Waals surface area contributed by atoms with E-state index in [0.717, 1.165) is 33.7 Å². The Bertz CT molecular complexity index is 1210. The van der Waals surface area contributed by atoms with Crippen molar-refractivity contribution in [2.45, 2.75) is 51.9 Å². The second-order valence-corrected chi connectivity index (χ2v) is 10.8. The number of nitrogens with one attached hydrogen (secondary N) is 1. The van der Waals surface area contributed by atoms with Crippen LogP contribution in [0.1, 0.15) is 50.5 Å². The van der Waals surface area contributed by atoms with Crippen LogP contribution in [0.15, 0.2) is 41.0 Å². The van der Waals surface area contributed by atoms with Gasteiger partial charge in [0.05, 0.1) is 16.9 Å². The molecule has 1 aromatic heterocycles. The number of carbonyl (C=O) groups excluding carboxylic acids is 1. The Balaban J connectivity index is 0.000000514. The van der Waals surface area contributed by atoms with Crippen molar-refractivity contribution in [3.05, 3.63) is 48.0 Å². The second-order valence-electron chi connectivity index (χ2n) is 8.84. The van der Waals surface area contributed by atoms with Gasteiger partial charge in [-0.2, -0.15) is 0 Å². The molecule has 2 aliphatic rings. The third-order valence-corrected chi connectivity index (χ3v) is 7.97. The van der Waals surface area contributed by atoms with E-state index < -0.39 is 11.7 Å². The number of aromatic nitrogens is 2. The van der Waals surface area contributed by atoms with Crippen LogP contribution in [0.4, 0.5) is 21.6 Å². The van der Waals surface area contributed by atoms with Crippen LogP contribution in [0.2, 0.25) is 0 Å². The molecule has 1 amide bonds. The minimum atomic E-state index is -0.646. The Morgan fingerprint density at radius 1 is 1.09 bits per heavy atom. The van der Waals surface area contributed by atoms with Gasteiger partial charge >= 0.3 is 0 Å². The van der Waals surface area contributed by atoms with Crippen LogP contribution < -0.4 is 15.8 Å². The molecular formula is C26H32FN5O2S. The zero-order valence-electron chi connectivity index (χ0n) is 20.1. The minimum absolute atomic E-state index is 0.0982. The predicted molar refractivity (Wildman–Crippen MR) is 140 cm³/mol. The molecule has 2 aromatic carbocycles. The summed E-state index contributed by atoms with van der Waals surface area (Å²) in [6, 6.07) is 8.03. The molecule has 1 aliphatic carbocycles. The number of halogens is 1. The number of hydrogen-bond acceptors (Lipinski definition) is 6. The first kappa shape index (κ1) is 25.0. The average molecular weight is 498 g/mol. The highest BCUT2D eigenvalue weighted by molar-refractivity contribution is 7.87. The number of primary amides is 1. The number of amides is 1. The first-order valence-corrected chi connectivity index (χ1v) is 13.6. The molecule has 2 heterocycles. The maximum Gasteiger partial charge on any atom is 0.255 e. The summed E-state index contributed by atoms with van der Waals surface area (Å²) in [5, 5.41) is 4.02. The minimum Gasteiger partial charge on any atom is -0.481 e. The number of anilines is 2. The van der Waals surface area contributed by atoms with E-state index in [1.165, 1.54) is 69.5 Å². The van der Waals surface area contributed by atoms with Gasteiger partial charge in [-0.15, -0.1) is 0 Å². The number of benzene rings is 2. The third-order valence-electron chi connectivity index (χ3n) is 5.98. The van der Waals surface area contributed by atoms with Gasteiger partial charge in [-0.25, -0.2) is 18.7 Å². The van der Waals surface area contributed by atoms with Gasteiger partial charge in [-0.1, -0.05) is 42.8 Å². The van der Waals surface area contributed by atoms with Crippen molar-refractivity contribution in [1.29, 1.82) is 0 Å². The Kier molecular flexibility index (Phi) is 8.63. The third kappa shape index (κ3) is 6.97. The first-order chi connectivity index (χ1) is 17.0. The van der Waals surface area contributed by atoms with Crippen LogP contribution >= 0.6 is 0 Å². The molecule has 2 fully saturated rings. The zero-order chi connectivity index (χ0) is 24.6. The zero-order valence-corrected chi connectivity index (χ0v) is 20.9. The van der Waals surface area contributed by atoms with Crippen molar-refractivity contribution >= 4 is 44.7 Å². The molecule has 1 saturated carbocycles.